The smallest absolute Gasteiger partial charge is 0.267 e. The average molecular weight is 374 g/mol. The van der Waals surface area contributed by atoms with Gasteiger partial charge >= 0.3 is 0 Å². The normalized spacial score (nSPS) is 10.8. The Bertz CT molecular complexity index is 1080. The number of hydrogen-bond acceptors (Lipinski definition) is 6. The molecule has 3 rings (SSSR count). The second kappa shape index (κ2) is 8.56. The minimum absolute atomic E-state index is 0.0808. The summed E-state index contributed by atoms with van der Waals surface area (Å²) < 4.78 is 10.4. The summed E-state index contributed by atoms with van der Waals surface area (Å²) in [6.45, 7) is 0. The predicted molar refractivity (Wildman–Crippen MR) is 107 cm³/mol. The zero-order valence-corrected chi connectivity index (χ0v) is 15.4. The maximum atomic E-state index is 12.5. The number of benzene rings is 2. The molecule has 0 atom stereocenters. The number of carbonyl (C=O) groups excluding carboxylic acids is 1. The zero-order valence-electron chi connectivity index (χ0n) is 15.4. The van der Waals surface area contributed by atoms with Gasteiger partial charge in [0.1, 0.15) is 11.6 Å². The van der Waals surface area contributed by atoms with Crippen LogP contribution in [0.3, 0.4) is 0 Å². The Morgan fingerprint density at radius 2 is 1.89 bits per heavy atom. The van der Waals surface area contributed by atoms with E-state index in [0.717, 1.165) is 10.9 Å². The molecule has 0 unspecified atom stereocenters. The minimum atomic E-state index is -0.546. The molecule has 0 aliphatic rings. The van der Waals surface area contributed by atoms with Crippen LogP contribution in [0.25, 0.3) is 10.9 Å². The number of pyridine rings is 1. The van der Waals surface area contributed by atoms with Crippen LogP contribution in [0.15, 0.2) is 66.5 Å². The van der Waals surface area contributed by atoms with Crippen molar-refractivity contribution in [3.63, 3.8) is 0 Å². The highest BCUT2D eigenvalue weighted by Crippen LogP contribution is 2.30. The van der Waals surface area contributed by atoms with Gasteiger partial charge in [-0.2, -0.15) is 5.26 Å². The molecule has 0 spiro atoms. The van der Waals surface area contributed by atoms with E-state index in [-0.39, 0.29) is 5.57 Å². The molecule has 1 heterocycles. The molecule has 1 aromatic heterocycles. The number of fused-ring (bicyclic) bond motifs is 1. The second-order valence-electron chi connectivity index (χ2n) is 5.72. The van der Waals surface area contributed by atoms with Gasteiger partial charge in [0.15, 0.2) is 11.5 Å². The van der Waals surface area contributed by atoms with E-state index in [2.05, 4.69) is 15.6 Å². The lowest BCUT2D eigenvalue weighted by molar-refractivity contribution is -0.112. The molecule has 0 saturated heterocycles. The Labute approximate surface area is 162 Å². The molecule has 1 amide bonds. The largest absolute Gasteiger partial charge is 0.493 e. The summed E-state index contributed by atoms with van der Waals surface area (Å²) in [5.41, 5.74) is 1.85. The second-order valence-corrected chi connectivity index (χ2v) is 5.72. The van der Waals surface area contributed by atoms with Crippen LogP contribution >= 0.6 is 0 Å². The summed E-state index contributed by atoms with van der Waals surface area (Å²) in [6, 6.07) is 16.3. The number of rotatable bonds is 6. The number of para-hydroxylation sites is 1. The summed E-state index contributed by atoms with van der Waals surface area (Å²) in [4.78, 5) is 16.8. The summed E-state index contributed by atoms with van der Waals surface area (Å²) in [5.74, 6) is 0.472. The lowest BCUT2D eigenvalue weighted by Gasteiger charge is -2.10. The first-order valence-electron chi connectivity index (χ1n) is 8.40. The maximum Gasteiger partial charge on any atom is 0.267 e. The summed E-state index contributed by atoms with van der Waals surface area (Å²) in [7, 11) is 3.03. The molecule has 140 valence electrons. The first-order valence-corrected chi connectivity index (χ1v) is 8.40. The molecule has 0 aliphatic carbocycles. The highest BCUT2D eigenvalue weighted by Gasteiger charge is 2.12. The first kappa shape index (κ1) is 18.7. The monoisotopic (exact) mass is 374 g/mol. The van der Waals surface area contributed by atoms with Gasteiger partial charge in [0.25, 0.3) is 5.91 Å². The van der Waals surface area contributed by atoms with E-state index in [1.807, 2.05) is 36.4 Å². The quantitative estimate of drug-likeness (QED) is 0.504. The fourth-order valence-corrected chi connectivity index (χ4v) is 2.63. The molecule has 0 fully saturated rings. The average Bonchev–Trinajstić information content (AvgIpc) is 2.74. The van der Waals surface area contributed by atoms with Crippen LogP contribution in [0.5, 0.6) is 11.5 Å². The third-order valence-corrected chi connectivity index (χ3v) is 4.01. The number of nitrogens with zero attached hydrogens (tertiary/aromatic N) is 2. The van der Waals surface area contributed by atoms with Crippen molar-refractivity contribution in [3.05, 3.63) is 66.5 Å². The number of carbonyl (C=O) groups is 1. The van der Waals surface area contributed by atoms with E-state index in [9.17, 15) is 10.1 Å². The number of hydrogen-bond donors (Lipinski definition) is 2. The standard InChI is InChI=1S/C21H18N4O3/c1-27-18-9-8-16(11-19(18)28-2)25-21(26)15(12-22)13-24-17-7-3-5-14-6-4-10-23-20(14)17/h3-11,13,24H,1-2H3,(H,25,26)/b15-13-. The van der Waals surface area contributed by atoms with Gasteiger partial charge in [0.05, 0.1) is 25.4 Å². The Morgan fingerprint density at radius 3 is 2.64 bits per heavy atom. The number of amides is 1. The molecule has 2 aromatic carbocycles. The summed E-state index contributed by atoms with van der Waals surface area (Å²) in [5, 5.41) is 16.0. The number of methoxy groups -OCH3 is 2. The van der Waals surface area contributed by atoms with Crippen molar-refractivity contribution in [2.45, 2.75) is 0 Å². The van der Waals surface area contributed by atoms with E-state index >= 15 is 0 Å². The fourth-order valence-electron chi connectivity index (χ4n) is 2.63. The Kier molecular flexibility index (Phi) is 5.72. The lowest BCUT2D eigenvalue weighted by atomic mass is 10.2. The third-order valence-electron chi connectivity index (χ3n) is 4.01. The molecule has 0 radical (unpaired) electrons. The van der Waals surface area contributed by atoms with E-state index in [1.54, 1.807) is 24.4 Å². The molecule has 3 aromatic rings. The van der Waals surface area contributed by atoms with Gasteiger partial charge in [0, 0.05) is 29.5 Å². The van der Waals surface area contributed by atoms with Crippen LogP contribution in [0.4, 0.5) is 11.4 Å². The lowest BCUT2D eigenvalue weighted by Crippen LogP contribution is -2.14. The molecule has 7 heteroatoms. The van der Waals surface area contributed by atoms with Gasteiger partial charge in [-0.3, -0.25) is 9.78 Å². The van der Waals surface area contributed by atoms with Gasteiger partial charge in [-0.1, -0.05) is 18.2 Å². The van der Waals surface area contributed by atoms with Gasteiger partial charge in [-0.05, 0) is 24.3 Å². The van der Waals surface area contributed by atoms with Crippen molar-refractivity contribution < 1.29 is 14.3 Å². The zero-order chi connectivity index (χ0) is 19.9. The fraction of sp³-hybridized carbons (Fsp3) is 0.0952. The number of anilines is 2. The molecule has 0 bridgehead atoms. The van der Waals surface area contributed by atoms with E-state index in [0.29, 0.717) is 22.9 Å². The molecular formula is C21H18N4O3. The molecule has 2 N–H and O–H groups in total. The highest BCUT2D eigenvalue weighted by atomic mass is 16.5. The number of nitriles is 1. The number of ether oxygens (including phenoxy) is 2. The van der Waals surface area contributed by atoms with Crippen LogP contribution in [0.1, 0.15) is 0 Å². The maximum absolute atomic E-state index is 12.5. The van der Waals surface area contributed by atoms with Gasteiger partial charge < -0.3 is 20.1 Å². The van der Waals surface area contributed by atoms with Crippen molar-refractivity contribution in [2.24, 2.45) is 0 Å². The van der Waals surface area contributed by atoms with Crippen LogP contribution in [0.2, 0.25) is 0 Å². The van der Waals surface area contributed by atoms with Crippen LogP contribution in [-0.4, -0.2) is 25.1 Å². The topological polar surface area (TPSA) is 96.3 Å². The summed E-state index contributed by atoms with van der Waals surface area (Å²) >= 11 is 0. The van der Waals surface area contributed by atoms with E-state index in [1.165, 1.54) is 20.4 Å². The van der Waals surface area contributed by atoms with Crippen LogP contribution in [-0.2, 0) is 4.79 Å². The number of aromatic nitrogens is 1. The first-order chi connectivity index (χ1) is 13.7. The van der Waals surface area contributed by atoms with Crippen molar-refractivity contribution in [1.29, 1.82) is 5.26 Å². The molecule has 0 saturated carbocycles. The van der Waals surface area contributed by atoms with Crippen molar-refractivity contribution in [2.75, 3.05) is 24.9 Å². The van der Waals surface area contributed by atoms with E-state index in [4.69, 9.17) is 9.47 Å². The van der Waals surface area contributed by atoms with Gasteiger partial charge in [0.2, 0.25) is 0 Å². The minimum Gasteiger partial charge on any atom is -0.493 e. The molecule has 7 nitrogen and oxygen atoms in total. The van der Waals surface area contributed by atoms with E-state index < -0.39 is 5.91 Å². The Hall–Kier alpha value is -4.05. The molecule has 28 heavy (non-hydrogen) atoms. The number of nitrogens with one attached hydrogen (secondary N) is 2. The molecule has 0 aliphatic heterocycles. The van der Waals surface area contributed by atoms with Crippen LogP contribution in [0, 0.1) is 11.3 Å². The predicted octanol–water partition coefficient (Wildman–Crippen LogP) is 3.71. The van der Waals surface area contributed by atoms with Crippen LogP contribution < -0.4 is 20.1 Å². The van der Waals surface area contributed by atoms with Gasteiger partial charge in [-0.25, -0.2) is 0 Å². The molecular weight excluding hydrogens is 356 g/mol. The summed E-state index contributed by atoms with van der Waals surface area (Å²) in [6.07, 6.45) is 3.05. The van der Waals surface area contributed by atoms with Crippen molar-refractivity contribution >= 4 is 28.2 Å². The Morgan fingerprint density at radius 1 is 1.11 bits per heavy atom. The highest BCUT2D eigenvalue weighted by molar-refractivity contribution is 6.07. The SMILES string of the molecule is COc1ccc(NC(=O)/C(C#N)=C\Nc2cccc3cccnc23)cc1OC. The third kappa shape index (κ3) is 4.02. The van der Waals surface area contributed by atoms with Crippen molar-refractivity contribution in [1.82, 2.24) is 4.98 Å². The van der Waals surface area contributed by atoms with Crippen molar-refractivity contribution in [3.8, 4) is 17.6 Å². The van der Waals surface area contributed by atoms with Gasteiger partial charge in [-0.15, -0.1) is 0 Å². The Balaban J connectivity index is 1.79.